The Bertz CT molecular complexity index is 528. The van der Waals surface area contributed by atoms with Crippen molar-refractivity contribution in [3.8, 4) is 0 Å². The van der Waals surface area contributed by atoms with Gasteiger partial charge in [0.1, 0.15) is 0 Å². The van der Waals surface area contributed by atoms with Gasteiger partial charge in [-0.2, -0.15) is 0 Å². The molecule has 23 heavy (non-hydrogen) atoms. The van der Waals surface area contributed by atoms with Gasteiger partial charge in [0, 0.05) is 25.3 Å². The summed E-state index contributed by atoms with van der Waals surface area (Å²) in [6, 6.07) is 7.30. The minimum absolute atomic E-state index is 0.0252. The predicted molar refractivity (Wildman–Crippen MR) is 89.6 cm³/mol. The molecule has 0 aromatic heterocycles. The Balaban J connectivity index is 1.94. The van der Waals surface area contributed by atoms with E-state index in [0.717, 1.165) is 12.8 Å². The minimum atomic E-state index is -0.0629. The summed E-state index contributed by atoms with van der Waals surface area (Å²) in [4.78, 5) is 26.2. The fraction of sp³-hybridized carbons (Fsp3) is 0.529. The number of morpholine rings is 1. The molecule has 6 heteroatoms. The number of rotatable bonds is 7. The van der Waals surface area contributed by atoms with Gasteiger partial charge in [0.25, 0.3) is 5.91 Å². The van der Waals surface area contributed by atoms with Crippen molar-refractivity contribution in [2.75, 3.05) is 44.7 Å². The first-order valence-corrected chi connectivity index (χ1v) is 8.19. The lowest BCUT2D eigenvalue weighted by Gasteiger charge is -2.27. The number of para-hydroxylation sites is 1. The Labute approximate surface area is 137 Å². The summed E-state index contributed by atoms with van der Waals surface area (Å²) < 4.78 is 5.28. The largest absolute Gasteiger partial charge is 0.378 e. The summed E-state index contributed by atoms with van der Waals surface area (Å²) in [5.74, 6) is -0.0881. The molecule has 1 aliphatic heterocycles. The van der Waals surface area contributed by atoms with Gasteiger partial charge in [0.05, 0.1) is 25.3 Å². The van der Waals surface area contributed by atoms with Gasteiger partial charge >= 0.3 is 0 Å². The molecule has 2 N–H and O–H groups in total. The van der Waals surface area contributed by atoms with E-state index in [1.165, 1.54) is 0 Å². The maximum atomic E-state index is 12.6. The van der Waals surface area contributed by atoms with Gasteiger partial charge in [0.2, 0.25) is 5.91 Å². The molecule has 2 amide bonds. The van der Waals surface area contributed by atoms with Crippen LogP contribution in [0.5, 0.6) is 0 Å². The molecule has 0 bridgehead atoms. The second-order valence-corrected chi connectivity index (χ2v) is 5.51. The third-order valence-corrected chi connectivity index (χ3v) is 3.75. The van der Waals surface area contributed by atoms with E-state index >= 15 is 0 Å². The molecule has 0 saturated carbocycles. The number of amides is 2. The Hall–Kier alpha value is -2.08. The maximum absolute atomic E-state index is 12.6. The molecule has 1 heterocycles. The van der Waals surface area contributed by atoms with Crippen LogP contribution in [0, 0.1) is 0 Å². The number of benzene rings is 1. The quantitative estimate of drug-likeness (QED) is 0.747. The Morgan fingerprint density at radius 2 is 1.96 bits per heavy atom. The first-order chi connectivity index (χ1) is 11.2. The van der Waals surface area contributed by atoms with Gasteiger partial charge < -0.3 is 20.3 Å². The third kappa shape index (κ3) is 5.25. The minimum Gasteiger partial charge on any atom is -0.378 e. The zero-order chi connectivity index (χ0) is 16.5. The van der Waals surface area contributed by atoms with Gasteiger partial charge in [-0.05, 0) is 18.6 Å². The van der Waals surface area contributed by atoms with Crippen LogP contribution in [-0.4, -0.2) is 56.1 Å². The standard InChI is InChI=1S/C17H25N3O3/c1-2-3-8-18-16(21)13-19-15-7-5-4-6-14(15)17(22)20-9-11-23-12-10-20/h4-7,19H,2-3,8-13H2,1H3,(H,18,21). The van der Waals surface area contributed by atoms with Crippen molar-refractivity contribution in [2.45, 2.75) is 19.8 Å². The van der Waals surface area contributed by atoms with Gasteiger partial charge in [-0.25, -0.2) is 0 Å². The average molecular weight is 319 g/mol. The van der Waals surface area contributed by atoms with E-state index in [1.54, 1.807) is 11.0 Å². The topological polar surface area (TPSA) is 70.7 Å². The lowest BCUT2D eigenvalue weighted by Crippen LogP contribution is -2.41. The molecule has 0 atom stereocenters. The molecular weight excluding hydrogens is 294 g/mol. The SMILES string of the molecule is CCCCNC(=O)CNc1ccccc1C(=O)N1CCOCC1. The monoisotopic (exact) mass is 319 g/mol. The number of hydrogen-bond donors (Lipinski definition) is 2. The van der Waals surface area contributed by atoms with Gasteiger partial charge in [-0.1, -0.05) is 25.5 Å². The van der Waals surface area contributed by atoms with Crippen molar-refractivity contribution in [2.24, 2.45) is 0 Å². The van der Waals surface area contributed by atoms with Crippen LogP contribution >= 0.6 is 0 Å². The second kappa shape index (κ2) is 9.15. The third-order valence-electron chi connectivity index (χ3n) is 3.75. The average Bonchev–Trinajstić information content (AvgIpc) is 2.60. The number of ether oxygens (including phenoxy) is 1. The number of unbranched alkanes of at least 4 members (excludes halogenated alkanes) is 1. The van der Waals surface area contributed by atoms with E-state index in [9.17, 15) is 9.59 Å². The summed E-state index contributed by atoms with van der Waals surface area (Å²) >= 11 is 0. The van der Waals surface area contributed by atoms with E-state index in [2.05, 4.69) is 17.6 Å². The number of carbonyl (C=O) groups excluding carboxylic acids is 2. The van der Waals surface area contributed by atoms with Crippen molar-refractivity contribution >= 4 is 17.5 Å². The molecule has 0 radical (unpaired) electrons. The predicted octanol–water partition coefficient (Wildman–Crippen LogP) is 1.49. The van der Waals surface area contributed by atoms with Gasteiger partial charge in [0.15, 0.2) is 0 Å². The number of hydrogen-bond acceptors (Lipinski definition) is 4. The van der Waals surface area contributed by atoms with Crippen LogP contribution < -0.4 is 10.6 Å². The molecule has 1 aliphatic rings. The fourth-order valence-electron chi connectivity index (χ4n) is 2.40. The first-order valence-electron chi connectivity index (χ1n) is 8.19. The zero-order valence-electron chi connectivity index (χ0n) is 13.6. The second-order valence-electron chi connectivity index (χ2n) is 5.51. The van der Waals surface area contributed by atoms with Crippen LogP contribution in [0.1, 0.15) is 30.1 Å². The van der Waals surface area contributed by atoms with Crippen LogP contribution in [0.3, 0.4) is 0 Å². The fourth-order valence-corrected chi connectivity index (χ4v) is 2.40. The normalized spacial score (nSPS) is 14.4. The Morgan fingerprint density at radius 1 is 1.22 bits per heavy atom. The van der Waals surface area contributed by atoms with Crippen LogP contribution in [-0.2, 0) is 9.53 Å². The highest BCUT2D eigenvalue weighted by molar-refractivity contribution is 6.00. The molecular formula is C17H25N3O3. The van der Waals surface area contributed by atoms with E-state index in [1.807, 2.05) is 18.2 Å². The highest BCUT2D eigenvalue weighted by Gasteiger charge is 2.20. The van der Waals surface area contributed by atoms with E-state index in [4.69, 9.17) is 4.74 Å². The Kier molecular flexibility index (Phi) is 6.87. The zero-order valence-corrected chi connectivity index (χ0v) is 13.6. The maximum Gasteiger partial charge on any atom is 0.256 e. The molecule has 1 saturated heterocycles. The molecule has 0 spiro atoms. The molecule has 1 fully saturated rings. The summed E-state index contributed by atoms with van der Waals surface area (Å²) in [5, 5.41) is 5.92. The highest BCUT2D eigenvalue weighted by Crippen LogP contribution is 2.17. The van der Waals surface area contributed by atoms with Gasteiger partial charge in [-0.15, -0.1) is 0 Å². The van der Waals surface area contributed by atoms with Crippen LogP contribution in [0.25, 0.3) is 0 Å². The van der Waals surface area contributed by atoms with Crippen molar-refractivity contribution in [3.05, 3.63) is 29.8 Å². The smallest absolute Gasteiger partial charge is 0.256 e. The van der Waals surface area contributed by atoms with E-state index < -0.39 is 0 Å². The summed E-state index contributed by atoms with van der Waals surface area (Å²) in [7, 11) is 0. The van der Waals surface area contributed by atoms with Gasteiger partial charge in [-0.3, -0.25) is 9.59 Å². The highest BCUT2D eigenvalue weighted by atomic mass is 16.5. The van der Waals surface area contributed by atoms with Crippen molar-refractivity contribution in [1.29, 1.82) is 0 Å². The molecule has 1 aromatic rings. The molecule has 0 unspecified atom stereocenters. The van der Waals surface area contributed by atoms with Crippen molar-refractivity contribution < 1.29 is 14.3 Å². The molecule has 0 aliphatic carbocycles. The van der Waals surface area contributed by atoms with E-state index in [0.29, 0.717) is 44.1 Å². The molecule has 2 rings (SSSR count). The van der Waals surface area contributed by atoms with Crippen LogP contribution in [0.2, 0.25) is 0 Å². The van der Waals surface area contributed by atoms with Crippen molar-refractivity contribution in [1.82, 2.24) is 10.2 Å². The molecule has 126 valence electrons. The summed E-state index contributed by atoms with van der Waals surface area (Å²) in [6.45, 7) is 5.28. The lowest BCUT2D eigenvalue weighted by atomic mass is 10.1. The summed E-state index contributed by atoms with van der Waals surface area (Å²) in [6.07, 6.45) is 2.02. The number of carbonyl (C=O) groups is 2. The number of anilines is 1. The number of nitrogens with one attached hydrogen (secondary N) is 2. The Morgan fingerprint density at radius 3 is 2.70 bits per heavy atom. The van der Waals surface area contributed by atoms with Crippen LogP contribution in [0.15, 0.2) is 24.3 Å². The first kappa shape index (κ1) is 17.3. The number of nitrogens with zero attached hydrogens (tertiary/aromatic N) is 1. The lowest BCUT2D eigenvalue weighted by molar-refractivity contribution is -0.119. The van der Waals surface area contributed by atoms with E-state index in [-0.39, 0.29) is 18.4 Å². The molecule has 1 aromatic carbocycles. The van der Waals surface area contributed by atoms with Crippen molar-refractivity contribution in [3.63, 3.8) is 0 Å². The van der Waals surface area contributed by atoms with Crippen LogP contribution in [0.4, 0.5) is 5.69 Å². The summed E-state index contributed by atoms with van der Waals surface area (Å²) in [5.41, 5.74) is 1.28. The molecule has 6 nitrogen and oxygen atoms in total.